The number of nitrogens with zero attached hydrogens (tertiary/aromatic N) is 4. The van der Waals surface area contributed by atoms with E-state index in [1.165, 1.54) is 12.1 Å². The third kappa shape index (κ3) is 3.22. The van der Waals surface area contributed by atoms with E-state index in [2.05, 4.69) is 14.9 Å². The third-order valence-electron chi connectivity index (χ3n) is 4.36. The number of aryl methyl sites for hydroxylation is 3. The fraction of sp³-hybridized carbons (Fsp3) is 0.389. The highest BCUT2D eigenvalue weighted by atomic mass is 19.1. The molecule has 0 saturated carbocycles. The van der Waals surface area contributed by atoms with Gasteiger partial charge in [-0.05, 0) is 45.0 Å². The van der Waals surface area contributed by atoms with Crippen LogP contribution in [0.2, 0.25) is 0 Å². The lowest BCUT2D eigenvalue weighted by Crippen LogP contribution is -2.49. The van der Waals surface area contributed by atoms with Crippen molar-refractivity contribution in [2.45, 2.75) is 20.8 Å². The lowest BCUT2D eigenvalue weighted by atomic mass is 10.1. The predicted molar refractivity (Wildman–Crippen MR) is 90.8 cm³/mol. The summed E-state index contributed by atoms with van der Waals surface area (Å²) in [5.41, 5.74) is 3.04. The molecule has 126 valence electrons. The first-order chi connectivity index (χ1) is 11.5. The average Bonchev–Trinajstić information content (AvgIpc) is 2.54. The maximum atomic E-state index is 13.0. The van der Waals surface area contributed by atoms with Crippen LogP contribution in [0.25, 0.3) is 0 Å². The largest absolute Gasteiger partial charge is 0.368 e. The Morgan fingerprint density at radius 2 is 1.50 bits per heavy atom. The molecule has 1 aromatic carbocycles. The fourth-order valence-electron chi connectivity index (χ4n) is 3.17. The zero-order chi connectivity index (χ0) is 17.3. The molecule has 0 spiro atoms. The van der Waals surface area contributed by atoms with Crippen LogP contribution >= 0.6 is 0 Å². The molecule has 0 radical (unpaired) electrons. The van der Waals surface area contributed by atoms with E-state index in [0.29, 0.717) is 24.5 Å². The molecule has 5 nitrogen and oxygen atoms in total. The van der Waals surface area contributed by atoms with Gasteiger partial charge in [-0.3, -0.25) is 4.79 Å². The first kappa shape index (κ1) is 16.4. The van der Waals surface area contributed by atoms with Crippen molar-refractivity contribution in [1.82, 2.24) is 14.9 Å². The molecule has 0 atom stereocenters. The number of halogens is 1. The Labute approximate surface area is 141 Å². The Bertz CT molecular complexity index is 729. The highest BCUT2D eigenvalue weighted by Gasteiger charge is 2.25. The topological polar surface area (TPSA) is 49.3 Å². The first-order valence-electron chi connectivity index (χ1n) is 8.07. The first-order valence-corrected chi connectivity index (χ1v) is 8.07. The van der Waals surface area contributed by atoms with Crippen molar-refractivity contribution in [3.63, 3.8) is 0 Å². The van der Waals surface area contributed by atoms with E-state index >= 15 is 0 Å². The van der Waals surface area contributed by atoms with Gasteiger partial charge in [0.05, 0.1) is 17.0 Å². The number of piperazine rings is 1. The normalized spacial score (nSPS) is 14.8. The zero-order valence-corrected chi connectivity index (χ0v) is 14.2. The molecule has 1 aliphatic heterocycles. The lowest BCUT2D eigenvalue weighted by molar-refractivity contribution is 0.0744. The van der Waals surface area contributed by atoms with Gasteiger partial charge in [-0.2, -0.15) is 0 Å². The SMILES string of the molecule is Cc1nc(C)c(C(=O)N2CCN(c3ccc(F)cc3)CC2)c(C)n1. The summed E-state index contributed by atoms with van der Waals surface area (Å²) < 4.78 is 13.0. The molecular weight excluding hydrogens is 307 g/mol. The van der Waals surface area contributed by atoms with Crippen molar-refractivity contribution in [2.75, 3.05) is 31.1 Å². The number of hydrogen-bond donors (Lipinski definition) is 0. The van der Waals surface area contributed by atoms with Crippen molar-refractivity contribution in [3.8, 4) is 0 Å². The lowest BCUT2D eigenvalue weighted by Gasteiger charge is -2.36. The third-order valence-corrected chi connectivity index (χ3v) is 4.36. The van der Waals surface area contributed by atoms with Gasteiger partial charge in [-0.1, -0.05) is 0 Å². The molecule has 6 heteroatoms. The molecule has 0 N–H and O–H groups in total. The van der Waals surface area contributed by atoms with Crippen LogP contribution in [0.4, 0.5) is 10.1 Å². The van der Waals surface area contributed by atoms with E-state index in [-0.39, 0.29) is 11.7 Å². The Kier molecular flexibility index (Phi) is 4.46. The smallest absolute Gasteiger partial charge is 0.257 e. The molecule has 0 bridgehead atoms. The number of carbonyl (C=O) groups excluding carboxylic acids is 1. The van der Waals surface area contributed by atoms with Crippen LogP contribution in [0.3, 0.4) is 0 Å². The quantitative estimate of drug-likeness (QED) is 0.850. The van der Waals surface area contributed by atoms with Crippen LogP contribution in [-0.4, -0.2) is 47.0 Å². The second-order valence-corrected chi connectivity index (χ2v) is 6.07. The van der Waals surface area contributed by atoms with Gasteiger partial charge in [0.2, 0.25) is 0 Å². The van der Waals surface area contributed by atoms with Crippen LogP contribution in [0, 0.1) is 26.6 Å². The molecule has 1 saturated heterocycles. The van der Waals surface area contributed by atoms with Gasteiger partial charge in [0.25, 0.3) is 5.91 Å². The van der Waals surface area contributed by atoms with Gasteiger partial charge < -0.3 is 9.80 Å². The number of benzene rings is 1. The summed E-state index contributed by atoms with van der Waals surface area (Å²) in [5, 5.41) is 0. The molecule has 1 amide bonds. The maximum absolute atomic E-state index is 13.0. The van der Waals surface area contributed by atoms with Gasteiger partial charge in [0.15, 0.2) is 0 Å². The highest BCUT2D eigenvalue weighted by molar-refractivity contribution is 5.96. The van der Waals surface area contributed by atoms with Gasteiger partial charge in [-0.25, -0.2) is 14.4 Å². The summed E-state index contributed by atoms with van der Waals surface area (Å²) in [6, 6.07) is 6.47. The van der Waals surface area contributed by atoms with Crippen LogP contribution in [0.15, 0.2) is 24.3 Å². The average molecular weight is 328 g/mol. The molecule has 1 fully saturated rings. The van der Waals surface area contributed by atoms with E-state index in [1.807, 2.05) is 25.7 Å². The summed E-state index contributed by atoms with van der Waals surface area (Å²) in [7, 11) is 0. The second-order valence-electron chi connectivity index (χ2n) is 6.07. The molecule has 2 aromatic rings. The molecule has 1 aliphatic rings. The zero-order valence-electron chi connectivity index (χ0n) is 14.2. The number of rotatable bonds is 2. The Hall–Kier alpha value is -2.50. The molecule has 0 unspecified atom stereocenters. The molecular formula is C18H21FN4O. The van der Waals surface area contributed by atoms with Crippen LogP contribution in [0.5, 0.6) is 0 Å². The van der Waals surface area contributed by atoms with Gasteiger partial charge >= 0.3 is 0 Å². The highest BCUT2D eigenvalue weighted by Crippen LogP contribution is 2.19. The minimum atomic E-state index is -0.238. The number of amides is 1. The Morgan fingerprint density at radius 3 is 2.04 bits per heavy atom. The van der Waals surface area contributed by atoms with E-state index in [0.717, 1.165) is 30.2 Å². The summed E-state index contributed by atoms with van der Waals surface area (Å²) in [5.74, 6) is 0.435. The van der Waals surface area contributed by atoms with Crippen molar-refractivity contribution < 1.29 is 9.18 Å². The minimum Gasteiger partial charge on any atom is -0.368 e. The monoisotopic (exact) mass is 328 g/mol. The molecule has 2 heterocycles. The fourth-order valence-corrected chi connectivity index (χ4v) is 3.17. The number of anilines is 1. The summed E-state index contributed by atoms with van der Waals surface area (Å²) >= 11 is 0. The van der Waals surface area contributed by atoms with Crippen molar-refractivity contribution in [1.29, 1.82) is 0 Å². The van der Waals surface area contributed by atoms with Crippen molar-refractivity contribution in [2.24, 2.45) is 0 Å². The standard InChI is InChI=1S/C18H21FN4O/c1-12-17(13(2)21-14(3)20-12)18(24)23-10-8-22(9-11-23)16-6-4-15(19)5-7-16/h4-7H,8-11H2,1-3H3. The second kappa shape index (κ2) is 6.55. The molecule has 24 heavy (non-hydrogen) atoms. The van der Waals surface area contributed by atoms with Gasteiger partial charge in [0, 0.05) is 31.9 Å². The minimum absolute atomic E-state index is 0.0104. The maximum Gasteiger partial charge on any atom is 0.257 e. The van der Waals surface area contributed by atoms with Crippen molar-refractivity contribution >= 4 is 11.6 Å². The predicted octanol–water partition coefficient (Wildman–Crippen LogP) is 2.50. The van der Waals surface area contributed by atoms with Gasteiger partial charge in [0.1, 0.15) is 11.6 Å². The van der Waals surface area contributed by atoms with Gasteiger partial charge in [-0.15, -0.1) is 0 Å². The molecule has 1 aromatic heterocycles. The number of hydrogen-bond acceptors (Lipinski definition) is 4. The Morgan fingerprint density at radius 1 is 0.958 bits per heavy atom. The summed E-state index contributed by atoms with van der Waals surface area (Å²) in [4.78, 5) is 25.5. The van der Waals surface area contributed by atoms with E-state index < -0.39 is 0 Å². The van der Waals surface area contributed by atoms with E-state index in [9.17, 15) is 9.18 Å². The summed E-state index contributed by atoms with van der Waals surface area (Å²) in [6.07, 6.45) is 0. The number of aromatic nitrogens is 2. The summed E-state index contributed by atoms with van der Waals surface area (Å²) in [6.45, 7) is 8.24. The Balaban J connectivity index is 1.70. The van der Waals surface area contributed by atoms with Crippen LogP contribution in [0.1, 0.15) is 27.6 Å². The number of carbonyl (C=O) groups is 1. The van der Waals surface area contributed by atoms with E-state index in [1.54, 1.807) is 12.1 Å². The van der Waals surface area contributed by atoms with E-state index in [4.69, 9.17) is 0 Å². The van der Waals surface area contributed by atoms with Crippen LogP contribution < -0.4 is 4.90 Å². The van der Waals surface area contributed by atoms with Crippen LogP contribution in [-0.2, 0) is 0 Å². The van der Waals surface area contributed by atoms with Crippen molar-refractivity contribution in [3.05, 3.63) is 52.9 Å². The molecule has 0 aliphatic carbocycles. The molecule has 3 rings (SSSR count).